The molecular weight excluding hydrogens is 246 g/mol. The van der Waals surface area contributed by atoms with Crippen LogP contribution in [0.5, 0.6) is 5.88 Å². The molecular formula is C13H21N3OS. The van der Waals surface area contributed by atoms with Crippen LogP contribution in [-0.2, 0) is 0 Å². The van der Waals surface area contributed by atoms with Crippen LogP contribution in [0.1, 0.15) is 31.9 Å². The average Bonchev–Trinajstić information content (AvgIpc) is 2.76. The molecule has 1 saturated carbocycles. The van der Waals surface area contributed by atoms with Gasteiger partial charge in [-0.3, -0.25) is 0 Å². The number of thioether (sulfide) groups is 1. The number of ether oxygens (including phenoxy) is 1. The fourth-order valence-corrected chi connectivity index (χ4v) is 3.30. The molecule has 2 rings (SSSR count). The van der Waals surface area contributed by atoms with Crippen molar-refractivity contribution in [3.8, 4) is 5.88 Å². The highest BCUT2D eigenvalue weighted by Crippen LogP contribution is 2.30. The van der Waals surface area contributed by atoms with E-state index in [1.165, 1.54) is 19.3 Å². The Bertz CT molecular complexity index is 400. The van der Waals surface area contributed by atoms with Crippen molar-refractivity contribution in [2.24, 2.45) is 0 Å². The van der Waals surface area contributed by atoms with Crippen molar-refractivity contribution in [2.75, 3.05) is 18.2 Å². The summed E-state index contributed by atoms with van der Waals surface area (Å²) >= 11 is 1.93. The summed E-state index contributed by atoms with van der Waals surface area (Å²) in [5.41, 5.74) is 0.939. The molecule has 1 aliphatic carbocycles. The number of nitrogens with zero attached hydrogens (tertiary/aromatic N) is 2. The summed E-state index contributed by atoms with van der Waals surface area (Å²) in [5.74, 6) is 1.36. The molecule has 4 nitrogen and oxygen atoms in total. The standard InChI is InChI=1S/C13H21N3OS/c1-4-17-12-8-9(2)14-13(16-12)15-10-6-5-7-11(10)18-3/h8,10-11H,4-7H2,1-3H3,(H,14,15,16). The van der Waals surface area contributed by atoms with Gasteiger partial charge in [-0.2, -0.15) is 16.7 Å². The van der Waals surface area contributed by atoms with Crippen molar-refractivity contribution >= 4 is 17.7 Å². The van der Waals surface area contributed by atoms with Gasteiger partial charge >= 0.3 is 0 Å². The Labute approximate surface area is 113 Å². The summed E-state index contributed by atoms with van der Waals surface area (Å²) < 4.78 is 5.45. The van der Waals surface area contributed by atoms with Crippen LogP contribution in [0.3, 0.4) is 0 Å². The average molecular weight is 267 g/mol. The summed E-state index contributed by atoms with van der Waals surface area (Å²) in [6.45, 7) is 4.56. The summed E-state index contributed by atoms with van der Waals surface area (Å²) in [6, 6.07) is 2.35. The molecule has 0 bridgehead atoms. The van der Waals surface area contributed by atoms with Crippen molar-refractivity contribution < 1.29 is 4.74 Å². The second-order valence-corrected chi connectivity index (χ2v) is 5.64. The van der Waals surface area contributed by atoms with E-state index in [0.29, 0.717) is 29.7 Å². The van der Waals surface area contributed by atoms with Gasteiger partial charge in [0, 0.05) is 23.1 Å². The first kappa shape index (κ1) is 13.5. The quantitative estimate of drug-likeness (QED) is 0.889. The lowest BCUT2D eigenvalue weighted by molar-refractivity contribution is 0.326. The lowest BCUT2D eigenvalue weighted by Crippen LogP contribution is -2.27. The topological polar surface area (TPSA) is 47.0 Å². The van der Waals surface area contributed by atoms with Gasteiger partial charge in [0.2, 0.25) is 11.8 Å². The Balaban J connectivity index is 2.08. The van der Waals surface area contributed by atoms with Crippen molar-refractivity contribution in [1.82, 2.24) is 9.97 Å². The predicted octanol–water partition coefficient (Wildman–Crippen LogP) is 2.88. The maximum absolute atomic E-state index is 5.45. The largest absolute Gasteiger partial charge is 0.478 e. The Morgan fingerprint density at radius 2 is 2.28 bits per heavy atom. The number of aryl methyl sites for hydroxylation is 1. The number of anilines is 1. The molecule has 1 N–H and O–H groups in total. The van der Waals surface area contributed by atoms with Gasteiger partial charge in [-0.15, -0.1) is 0 Å². The van der Waals surface area contributed by atoms with Crippen LogP contribution in [0, 0.1) is 6.92 Å². The summed E-state index contributed by atoms with van der Waals surface area (Å²) in [5, 5.41) is 4.13. The van der Waals surface area contributed by atoms with Gasteiger partial charge in [-0.1, -0.05) is 6.42 Å². The van der Waals surface area contributed by atoms with Crippen LogP contribution in [0.15, 0.2) is 6.07 Å². The van der Waals surface area contributed by atoms with E-state index >= 15 is 0 Å². The number of hydrogen-bond acceptors (Lipinski definition) is 5. The molecule has 0 saturated heterocycles. The minimum atomic E-state index is 0.483. The zero-order valence-corrected chi connectivity index (χ0v) is 12.1. The van der Waals surface area contributed by atoms with Gasteiger partial charge in [0.15, 0.2) is 0 Å². The molecule has 2 unspecified atom stereocenters. The molecule has 1 aliphatic rings. The van der Waals surface area contributed by atoms with E-state index in [1.54, 1.807) is 0 Å². The van der Waals surface area contributed by atoms with Crippen molar-refractivity contribution in [2.45, 2.75) is 44.4 Å². The SMILES string of the molecule is CCOc1cc(C)nc(NC2CCCC2SC)n1. The number of rotatable bonds is 5. The van der Waals surface area contributed by atoms with Crippen LogP contribution in [0.4, 0.5) is 5.95 Å². The van der Waals surface area contributed by atoms with Crippen LogP contribution < -0.4 is 10.1 Å². The molecule has 1 aromatic rings. The normalized spacial score (nSPS) is 23.1. The number of nitrogens with one attached hydrogen (secondary N) is 1. The molecule has 0 radical (unpaired) electrons. The Kier molecular flexibility index (Phi) is 4.69. The second-order valence-electron chi connectivity index (χ2n) is 4.56. The van der Waals surface area contributed by atoms with Crippen LogP contribution in [0.25, 0.3) is 0 Å². The molecule has 100 valence electrons. The van der Waals surface area contributed by atoms with Gasteiger partial charge in [-0.25, -0.2) is 4.98 Å². The number of aromatic nitrogens is 2. The molecule has 1 heterocycles. The van der Waals surface area contributed by atoms with E-state index < -0.39 is 0 Å². The van der Waals surface area contributed by atoms with Gasteiger partial charge in [-0.05, 0) is 32.9 Å². The minimum absolute atomic E-state index is 0.483. The van der Waals surface area contributed by atoms with E-state index in [2.05, 4.69) is 21.5 Å². The Morgan fingerprint density at radius 1 is 1.44 bits per heavy atom. The minimum Gasteiger partial charge on any atom is -0.478 e. The highest BCUT2D eigenvalue weighted by Gasteiger charge is 2.27. The number of hydrogen-bond donors (Lipinski definition) is 1. The molecule has 0 amide bonds. The van der Waals surface area contributed by atoms with E-state index in [9.17, 15) is 0 Å². The molecule has 0 aliphatic heterocycles. The third-order valence-corrected chi connectivity index (χ3v) is 4.36. The first-order valence-corrected chi connectivity index (χ1v) is 7.79. The molecule has 18 heavy (non-hydrogen) atoms. The van der Waals surface area contributed by atoms with Gasteiger partial charge in [0.05, 0.1) is 6.61 Å². The maximum Gasteiger partial charge on any atom is 0.226 e. The zero-order valence-electron chi connectivity index (χ0n) is 11.3. The maximum atomic E-state index is 5.45. The van der Waals surface area contributed by atoms with Crippen molar-refractivity contribution in [1.29, 1.82) is 0 Å². The highest BCUT2D eigenvalue weighted by atomic mass is 32.2. The van der Waals surface area contributed by atoms with Crippen LogP contribution >= 0.6 is 11.8 Å². The first-order chi connectivity index (χ1) is 8.72. The first-order valence-electron chi connectivity index (χ1n) is 6.50. The Hall–Kier alpha value is -0.970. The van der Waals surface area contributed by atoms with Gasteiger partial charge in [0.1, 0.15) is 0 Å². The molecule has 0 aromatic carbocycles. The summed E-state index contributed by atoms with van der Waals surface area (Å²) in [7, 11) is 0. The van der Waals surface area contributed by atoms with Crippen LogP contribution in [-0.4, -0.2) is 34.1 Å². The van der Waals surface area contributed by atoms with E-state index in [1.807, 2.05) is 31.7 Å². The fourth-order valence-electron chi connectivity index (χ4n) is 2.37. The third-order valence-electron chi connectivity index (χ3n) is 3.19. The lowest BCUT2D eigenvalue weighted by Gasteiger charge is -2.19. The van der Waals surface area contributed by atoms with Crippen LogP contribution in [0.2, 0.25) is 0 Å². The lowest BCUT2D eigenvalue weighted by atomic mass is 10.2. The van der Waals surface area contributed by atoms with E-state index in [0.717, 1.165) is 5.69 Å². The Morgan fingerprint density at radius 3 is 3.00 bits per heavy atom. The van der Waals surface area contributed by atoms with Gasteiger partial charge in [0.25, 0.3) is 0 Å². The second kappa shape index (κ2) is 6.27. The van der Waals surface area contributed by atoms with Gasteiger partial charge < -0.3 is 10.1 Å². The van der Waals surface area contributed by atoms with Crippen molar-refractivity contribution in [3.05, 3.63) is 11.8 Å². The van der Waals surface area contributed by atoms with E-state index in [-0.39, 0.29) is 0 Å². The van der Waals surface area contributed by atoms with E-state index in [4.69, 9.17) is 4.74 Å². The molecule has 1 fully saturated rings. The zero-order chi connectivity index (χ0) is 13.0. The van der Waals surface area contributed by atoms with Crippen molar-refractivity contribution in [3.63, 3.8) is 0 Å². The molecule has 0 spiro atoms. The summed E-state index contributed by atoms with van der Waals surface area (Å²) in [4.78, 5) is 8.84. The molecule has 5 heteroatoms. The monoisotopic (exact) mass is 267 g/mol. The smallest absolute Gasteiger partial charge is 0.226 e. The molecule has 2 atom stereocenters. The predicted molar refractivity (Wildman–Crippen MR) is 76.5 cm³/mol. The fraction of sp³-hybridized carbons (Fsp3) is 0.692. The molecule has 1 aromatic heterocycles. The highest BCUT2D eigenvalue weighted by molar-refractivity contribution is 7.99. The summed E-state index contributed by atoms with van der Waals surface area (Å²) in [6.07, 6.45) is 5.94. The third kappa shape index (κ3) is 3.28.